The van der Waals surface area contributed by atoms with Gasteiger partial charge in [0.05, 0.1) is 12.2 Å². The predicted octanol–water partition coefficient (Wildman–Crippen LogP) is 3.58. The highest BCUT2D eigenvalue weighted by Crippen LogP contribution is 2.27. The number of para-hydroxylation sites is 1. The van der Waals surface area contributed by atoms with Gasteiger partial charge in [0.15, 0.2) is 0 Å². The molecule has 3 rings (SSSR count). The number of anilines is 1. The van der Waals surface area contributed by atoms with E-state index in [9.17, 15) is 4.79 Å². The van der Waals surface area contributed by atoms with Crippen LogP contribution >= 0.6 is 0 Å². The van der Waals surface area contributed by atoms with E-state index in [0.29, 0.717) is 18.1 Å². The fourth-order valence-electron chi connectivity index (χ4n) is 2.42. The zero-order chi connectivity index (χ0) is 15.5. The minimum atomic E-state index is -0.245. The average molecular weight is 296 g/mol. The molecular formula is C18H20N2O2. The third-order valence-corrected chi connectivity index (χ3v) is 3.52. The van der Waals surface area contributed by atoms with Gasteiger partial charge in [0, 0.05) is 5.69 Å². The molecule has 114 valence electrons. The van der Waals surface area contributed by atoms with E-state index in [1.54, 1.807) is 0 Å². The van der Waals surface area contributed by atoms with Crippen LogP contribution in [0.25, 0.3) is 0 Å². The lowest BCUT2D eigenvalue weighted by Gasteiger charge is -2.28. The molecule has 0 aromatic heterocycles. The van der Waals surface area contributed by atoms with Crippen LogP contribution in [0.4, 0.5) is 5.69 Å². The van der Waals surface area contributed by atoms with Gasteiger partial charge in [-0.2, -0.15) is 0 Å². The number of amides is 1. The molecule has 1 unspecified atom stereocenters. The van der Waals surface area contributed by atoms with E-state index in [2.05, 4.69) is 24.5 Å². The normalized spacial score (nSPS) is 16.7. The van der Waals surface area contributed by atoms with E-state index in [1.165, 1.54) is 0 Å². The third-order valence-electron chi connectivity index (χ3n) is 3.52. The van der Waals surface area contributed by atoms with Crippen LogP contribution in [0.2, 0.25) is 0 Å². The van der Waals surface area contributed by atoms with Crippen LogP contribution in [0.15, 0.2) is 48.5 Å². The number of hydrogen-bond acceptors (Lipinski definition) is 3. The largest absolute Gasteiger partial charge is 0.493 e. The summed E-state index contributed by atoms with van der Waals surface area (Å²) in [5.41, 5.74) is 2.50. The molecule has 0 saturated carbocycles. The Morgan fingerprint density at radius 1 is 1.09 bits per heavy atom. The monoisotopic (exact) mass is 296 g/mol. The van der Waals surface area contributed by atoms with Crippen LogP contribution in [0.1, 0.15) is 35.9 Å². The van der Waals surface area contributed by atoms with Crippen LogP contribution in [0.3, 0.4) is 0 Å². The van der Waals surface area contributed by atoms with Crippen molar-refractivity contribution in [1.82, 2.24) is 5.32 Å². The zero-order valence-electron chi connectivity index (χ0n) is 12.8. The first-order valence-corrected chi connectivity index (χ1v) is 7.52. The molecular weight excluding hydrogens is 276 g/mol. The Balaban J connectivity index is 1.81. The highest BCUT2D eigenvalue weighted by Gasteiger charge is 2.24. The second kappa shape index (κ2) is 6.10. The van der Waals surface area contributed by atoms with Crippen molar-refractivity contribution >= 4 is 11.6 Å². The molecule has 1 amide bonds. The number of carbonyl (C=O) groups is 1. The maximum Gasteiger partial charge on any atom is 0.255 e. The minimum Gasteiger partial charge on any atom is -0.493 e. The van der Waals surface area contributed by atoms with Gasteiger partial charge in [-0.1, -0.05) is 38.1 Å². The van der Waals surface area contributed by atoms with Crippen molar-refractivity contribution in [3.63, 3.8) is 0 Å². The Morgan fingerprint density at radius 3 is 2.73 bits per heavy atom. The maximum atomic E-state index is 12.2. The summed E-state index contributed by atoms with van der Waals surface area (Å²) in [5.74, 6) is 1.23. The lowest BCUT2D eigenvalue weighted by atomic mass is 10.1. The second-order valence-electron chi connectivity index (χ2n) is 5.87. The number of fused-ring (bicyclic) bond motifs is 1. The van der Waals surface area contributed by atoms with Gasteiger partial charge in [0.1, 0.15) is 11.9 Å². The quantitative estimate of drug-likeness (QED) is 0.906. The number of rotatable bonds is 4. The van der Waals surface area contributed by atoms with E-state index in [4.69, 9.17) is 4.74 Å². The van der Waals surface area contributed by atoms with E-state index < -0.39 is 0 Å². The molecule has 1 aliphatic heterocycles. The summed E-state index contributed by atoms with van der Waals surface area (Å²) in [6.45, 7) is 4.91. The van der Waals surface area contributed by atoms with E-state index in [-0.39, 0.29) is 12.1 Å². The average Bonchev–Trinajstić information content (AvgIpc) is 2.53. The third kappa shape index (κ3) is 3.06. The van der Waals surface area contributed by atoms with Crippen molar-refractivity contribution in [3.8, 4) is 5.75 Å². The molecule has 0 fully saturated rings. The van der Waals surface area contributed by atoms with Crippen molar-refractivity contribution in [1.29, 1.82) is 0 Å². The summed E-state index contributed by atoms with van der Waals surface area (Å²) < 4.78 is 5.75. The Labute approximate surface area is 130 Å². The molecule has 0 radical (unpaired) electrons. The number of carbonyl (C=O) groups excluding carboxylic acids is 1. The summed E-state index contributed by atoms with van der Waals surface area (Å²) in [7, 11) is 0. The Hall–Kier alpha value is -2.49. The van der Waals surface area contributed by atoms with Gasteiger partial charge >= 0.3 is 0 Å². The molecule has 1 aliphatic rings. The van der Waals surface area contributed by atoms with Crippen molar-refractivity contribution in [2.45, 2.75) is 20.0 Å². The molecule has 2 aromatic carbocycles. The molecule has 0 spiro atoms. The smallest absolute Gasteiger partial charge is 0.255 e. The van der Waals surface area contributed by atoms with Crippen molar-refractivity contribution in [2.24, 2.45) is 5.92 Å². The van der Waals surface area contributed by atoms with Gasteiger partial charge in [0.25, 0.3) is 5.91 Å². The van der Waals surface area contributed by atoms with E-state index >= 15 is 0 Å². The number of hydrogen-bond donors (Lipinski definition) is 2. The standard InChI is InChI=1S/C18H20N2O2/c1-12(2)11-22-14-7-5-6-13(10-14)17-19-16-9-4-3-8-15(16)18(21)20-17/h3-10,12,17,19H,11H2,1-2H3,(H,20,21). The fraction of sp³-hybridized carbons (Fsp3) is 0.278. The summed E-state index contributed by atoms with van der Waals surface area (Å²) in [4.78, 5) is 12.2. The summed E-state index contributed by atoms with van der Waals surface area (Å²) >= 11 is 0. The van der Waals surface area contributed by atoms with E-state index in [1.807, 2.05) is 48.5 Å². The fourth-order valence-corrected chi connectivity index (χ4v) is 2.42. The van der Waals surface area contributed by atoms with E-state index in [0.717, 1.165) is 17.0 Å². The first-order chi connectivity index (χ1) is 10.6. The molecule has 0 saturated heterocycles. The van der Waals surface area contributed by atoms with Crippen LogP contribution in [-0.2, 0) is 0 Å². The molecule has 22 heavy (non-hydrogen) atoms. The molecule has 4 nitrogen and oxygen atoms in total. The Morgan fingerprint density at radius 2 is 1.91 bits per heavy atom. The predicted molar refractivity (Wildman–Crippen MR) is 87.0 cm³/mol. The zero-order valence-corrected chi connectivity index (χ0v) is 12.8. The molecule has 2 N–H and O–H groups in total. The summed E-state index contributed by atoms with van der Waals surface area (Å²) in [5, 5.41) is 6.32. The lowest BCUT2D eigenvalue weighted by molar-refractivity contribution is 0.0935. The van der Waals surface area contributed by atoms with Gasteiger partial charge < -0.3 is 15.4 Å². The molecule has 1 heterocycles. The van der Waals surface area contributed by atoms with Crippen molar-refractivity contribution < 1.29 is 9.53 Å². The molecule has 0 aliphatic carbocycles. The van der Waals surface area contributed by atoms with Gasteiger partial charge in [-0.3, -0.25) is 4.79 Å². The van der Waals surface area contributed by atoms with Crippen LogP contribution in [0, 0.1) is 5.92 Å². The first-order valence-electron chi connectivity index (χ1n) is 7.52. The highest BCUT2D eigenvalue weighted by molar-refractivity contribution is 6.01. The number of nitrogens with one attached hydrogen (secondary N) is 2. The first kappa shape index (κ1) is 14.4. The van der Waals surface area contributed by atoms with Crippen molar-refractivity contribution in [2.75, 3.05) is 11.9 Å². The Kier molecular flexibility index (Phi) is 4.00. The molecule has 4 heteroatoms. The summed E-state index contributed by atoms with van der Waals surface area (Å²) in [6, 6.07) is 15.3. The minimum absolute atomic E-state index is 0.0622. The lowest BCUT2D eigenvalue weighted by Crippen LogP contribution is -2.38. The van der Waals surface area contributed by atoms with Crippen LogP contribution in [0.5, 0.6) is 5.75 Å². The van der Waals surface area contributed by atoms with Crippen LogP contribution in [-0.4, -0.2) is 12.5 Å². The molecule has 0 bridgehead atoms. The Bertz CT molecular complexity index is 682. The van der Waals surface area contributed by atoms with Gasteiger partial charge in [-0.25, -0.2) is 0 Å². The number of ether oxygens (including phenoxy) is 1. The summed E-state index contributed by atoms with van der Waals surface area (Å²) in [6.07, 6.45) is -0.245. The SMILES string of the molecule is CC(C)COc1cccc(C2NC(=O)c3ccccc3N2)c1. The van der Waals surface area contributed by atoms with Gasteiger partial charge in [-0.15, -0.1) is 0 Å². The van der Waals surface area contributed by atoms with Gasteiger partial charge in [-0.05, 0) is 35.7 Å². The maximum absolute atomic E-state index is 12.2. The number of benzene rings is 2. The molecule has 2 aromatic rings. The second-order valence-corrected chi connectivity index (χ2v) is 5.87. The highest BCUT2D eigenvalue weighted by atomic mass is 16.5. The van der Waals surface area contributed by atoms with Crippen LogP contribution < -0.4 is 15.4 Å². The topological polar surface area (TPSA) is 50.4 Å². The van der Waals surface area contributed by atoms with Crippen molar-refractivity contribution in [3.05, 3.63) is 59.7 Å². The molecule has 1 atom stereocenters. The van der Waals surface area contributed by atoms with Gasteiger partial charge in [0.2, 0.25) is 0 Å².